The van der Waals surface area contributed by atoms with E-state index in [1.54, 1.807) is 0 Å². The molecule has 96 valence electrons. The SMILES string of the molecule is OC1C2CC3CN(CC4CCCCC4)C1C3C2. The van der Waals surface area contributed by atoms with Crippen LogP contribution in [0.25, 0.3) is 0 Å². The van der Waals surface area contributed by atoms with Crippen LogP contribution in [0.4, 0.5) is 0 Å². The van der Waals surface area contributed by atoms with Crippen LogP contribution in [0.3, 0.4) is 0 Å². The smallest absolute Gasteiger partial charge is 0.0726 e. The molecule has 0 amide bonds. The van der Waals surface area contributed by atoms with Gasteiger partial charge in [-0.3, -0.25) is 4.90 Å². The Kier molecular flexibility index (Phi) is 2.52. The van der Waals surface area contributed by atoms with Gasteiger partial charge in [-0.15, -0.1) is 0 Å². The van der Waals surface area contributed by atoms with Crippen molar-refractivity contribution >= 4 is 0 Å². The summed E-state index contributed by atoms with van der Waals surface area (Å²) in [7, 11) is 0. The summed E-state index contributed by atoms with van der Waals surface area (Å²) in [5.74, 6) is 3.40. The lowest BCUT2D eigenvalue weighted by Crippen LogP contribution is -2.42. The van der Waals surface area contributed by atoms with E-state index < -0.39 is 0 Å². The maximum atomic E-state index is 10.4. The third-order valence-electron chi connectivity index (χ3n) is 6.17. The first-order valence-corrected chi connectivity index (χ1v) is 7.75. The van der Waals surface area contributed by atoms with Gasteiger partial charge in [0.15, 0.2) is 0 Å². The average molecular weight is 235 g/mol. The number of hydrogen-bond donors (Lipinski definition) is 1. The molecule has 5 unspecified atom stereocenters. The minimum Gasteiger partial charge on any atom is -0.391 e. The van der Waals surface area contributed by atoms with Gasteiger partial charge in [0, 0.05) is 19.1 Å². The van der Waals surface area contributed by atoms with E-state index in [0.717, 1.165) is 17.8 Å². The van der Waals surface area contributed by atoms with Crippen LogP contribution >= 0.6 is 0 Å². The van der Waals surface area contributed by atoms with Crippen molar-refractivity contribution in [2.45, 2.75) is 57.1 Å². The molecule has 0 spiro atoms. The van der Waals surface area contributed by atoms with E-state index in [1.807, 2.05) is 0 Å². The minimum absolute atomic E-state index is 0.0161. The van der Waals surface area contributed by atoms with E-state index in [4.69, 9.17) is 0 Å². The topological polar surface area (TPSA) is 23.5 Å². The van der Waals surface area contributed by atoms with Crippen molar-refractivity contribution in [1.29, 1.82) is 0 Å². The molecule has 3 aliphatic carbocycles. The lowest BCUT2D eigenvalue weighted by molar-refractivity contribution is 0.0432. The summed E-state index contributed by atoms with van der Waals surface area (Å²) in [6.07, 6.45) is 9.90. The van der Waals surface area contributed by atoms with Crippen LogP contribution in [0.2, 0.25) is 0 Å². The Labute approximate surface area is 104 Å². The molecule has 2 nitrogen and oxygen atoms in total. The predicted octanol–water partition coefficient (Wildman–Crippen LogP) is 2.27. The molecular weight excluding hydrogens is 210 g/mol. The van der Waals surface area contributed by atoms with Crippen LogP contribution in [0.5, 0.6) is 0 Å². The molecule has 1 saturated heterocycles. The summed E-state index contributed by atoms with van der Waals surface area (Å²) in [4.78, 5) is 2.68. The summed E-state index contributed by atoms with van der Waals surface area (Å²) >= 11 is 0. The van der Waals surface area contributed by atoms with Crippen LogP contribution in [-0.2, 0) is 0 Å². The fourth-order valence-corrected chi connectivity index (χ4v) is 5.45. The van der Waals surface area contributed by atoms with Crippen molar-refractivity contribution in [3.8, 4) is 0 Å². The number of nitrogens with zero attached hydrogens (tertiary/aromatic N) is 1. The van der Waals surface area contributed by atoms with Crippen LogP contribution in [-0.4, -0.2) is 35.2 Å². The van der Waals surface area contributed by atoms with Gasteiger partial charge in [-0.25, -0.2) is 0 Å². The molecule has 2 heteroatoms. The first-order chi connectivity index (χ1) is 8.33. The largest absolute Gasteiger partial charge is 0.391 e. The molecule has 0 aromatic heterocycles. The second-order valence-corrected chi connectivity index (χ2v) is 7.09. The first-order valence-electron chi connectivity index (χ1n) is 7.75. The van der Waals surface area contributed by atoms with Crippen LogP contribution in [0, 0.1) is 23.7 Å². The van der Waals surface area contributed by atoms with Crippen molar-refractivity contribution in [3.63, 3.8) is 0 Å². The Morgan fingerprint density at radius 3 is 2.59 bits per heavy atom. The molecule has 5 atom stereocenters. The van der Waals surface area contributed by atoms with Gasteiger partial charge in [-0.1, -0.05) is 19.3 Å². The third-order valence-corrected chi connectivity index (χ3v) is 6.17. The maximum absolute atomic E-state index is 10.4. The van der Waals surface area contributed by atoms with E-state index in [2.05, 4.69) is 4.90 Å². The number of likely N-dealkylation sites (tertiary alicyclic amines) is 1. The highest BCUT2D eigenvalue weighted by Gasteiger charge is 2.58. The summed E-state index contributed by atoms with van der Waals surface area (Å²) in [6.45, 7) is 2.60. The lowest BCUT2D eigenvalue weighted by atomic mass is 9.87. The average Bonchev–Trinajstić information content (AvgIpc) is 2.92. The highest BCUT2D eigenvalue weighted by atomic mass is 16.3. The molecule has 1 heterocycles. The molecule has 17 heavy (non-hydrogen) atoms. The molecular formula is C15H25NO. The highest BCUT2D eigenvalue weighted by molar-refractivity contribution is 5.10. The van der Waals surface area contributed by atoms with Crippen LogP contribution in [0.1, 0.15) is 44.9 Å². The van der Waals surface area contributed by atoms with Crippen molar-refractivity contribution < 1.29 is 5.11 Å². The van der Waals surface area contributed by atoms with Crippen molar-refractivity contribution in [1.82, 2.24) is 4.90 Å². The zero-order valence-corrected chi connectivity index (χ0v) is 10.7. The van der Waals surface area contributed by atoms with Gasteiger partial charge >= 0.3 is 0 Å². The van der Waals surface area contributed by atoms with Gasteiger partial charge in [0.05, 0.1) is 6.10 Å². The third kappa shape index (κ3) is 1.60. The number of fused-ring (bicyclic) bond motifs is 1. The van der Waals surface area contributed by atoms with Crippen molar-refractivity contribution in [2.24, 2.45) is 23.7 Å². The van der Waals surface area contributed by atoms with Crippen LogP contribution < -0.4 is 0 Å². The van der Waals surface area contributed by atoms with Crippen LogP contribution in [0.15, 0.2) is 0 Å². The number of rotatable bonds is 2. The first kappa shape index (κ1) is 10.8. The monoisotopic (exact) mass is 235 g/mol. The molecule has 1 aliphatic heterocycles. The zero-order chi connectivity index (χ0) is 11.4. The number of aliphatic hydroxyl groups is 1. The Hall–Kier alpha value is -0.0800. The molecule has 4 fully saturated rings. The van der Waals surface area contributed by atoms with Crippen molar-refractivity contribution in [3.05, 3.63) is 0 Å². The van der Waals surface area contributed by atoms with Gasteiger partial charge in [0.2, 0.25) is 0 Å². The van der Waals surface area contributed by atoms with E-state index in [-0.39, 0.29) is 6.10 Å². The van der Waals surface area contributed by atoms with E-state index in [1.165, 1.54) is 58.0 Å². The summed E-state index contributed by atoms with van der Waals surface area (Å²) in [6, 6.07) is 0.556. The standard InChI is InChI=1S/C15H25NO/c17-15-11-6-12-9-16(14(15)13(12)7-11)8-10-4-2-1-3-5-10/h10-15,17H,1-9H2. The second kappa shape index (κ2) is 3.96. The maximum Gasteiger partial charge on any atom is 0.0726 e. The van der Waals surface area contributed by atoms with Gasteiger partial charge in [0.1, 0.15) is 0 Å². The zero-order valence-electron chi connectivity index (χ0n) is 10.7. The minimum atomic E-state index is 0.0161. The van der Waals surface area contributed by atoms with Gasteiger partial charge in [-0.05, 0) is 49.4 Å². The fourth-order valence-electron chi connectivity index (χ4n) is 5.45. The van der Waals surface area contributed by atoms with E-state index in [0.29, 0.717) is 12.0 Å². The normalized spacial score (nSPS) is 50.3. The van der Waals surface area contributed by atoms with E-state index in [9.17, 15) is 5.11 Å². The Bertz CT molecular complexity index is 297. The highest BCUT2D eigenvalue weighted by Crippen LogP contribution is 2.55. The number of aliphatic hydroxyl groups excluding tert-OH is 1. The molecule has 1 N–H and O–H groups in total. The molecule has 3 saturated carbocycles. The molecule has 0 aromatic rings. The van der Waals surface area contributed by atoms with Gasteiger partial charge < -0.3 is 5.11 Å². The second-order valence-electron chi connectivity index (χ2n) is 7.09. The summed E-state index contributed by atoms with van der Waals surface area (Å²) in [5.41, 5.74) is 0. The van der Waals surface area contributed by atoms with Gasteiger partial charge in [-0.2, -0.15) is 0 Å². The summed E-state index contributed by atoms with van der Waals surface area (Å²) < 4.78 is 0. The predicted molar refractivity (Wildman–Crippen MR) is 67.6 cm³/mol. The Balaban J connectivity index is 1.45. The van der Waals surface area contributed by atoms with Gasteiger partial charge in [0.25, 0.3) is 0 Å². The fraction of sp³-hybridized carbons (Fsp3) is 1.00. The molecule has 0 aromatic carbocycles. The summed E-state index contributed by atoms with van der Waals surface area (Å²) in [5, 5.41) is 10.4. The molecule has 0 radical (unpaired) electrons. The van der Waals surface area contributed by atoms with Crippen molar-refractivity contribution in [2.75, 3.05) is 13.1 Å². The Morgan fingerprint density at radius 2 is 1.82 bits per heavy atom. The molecule has 4 aliphatic rings. The molecule has 4 rings (SSSR count). The van der Waals surface area contributed by atoms with E-state index >= 15 is 0 Å². The molecule has 2 bridgehead atoms. The lowest BCUT2D eigenvalue weighted by Gasteiger charge is -2.32. The quantitative estimate of drug-likeness (QED) is 0.793. The number of hydrogen-bond acceptors (Lipinski definition) is 2. The Morgan fingerprint density at radius 1 is 1.00 bits per heavy atom.